The maximum absolute atomic E-state index is 10.8. The summed E-state index contributed by atoms with van der Waals surface area (Å²) < 4.78 is 1.96. The number of carbonyl (C=O) groups excluding carboxylic acids is 1. The van der Waals surface area contributed by atoms with Gasteiger partial charge in [-0.05, 0) is 48.0 Å². The number of hydrogen-bond acceptors (Lipinski definition) is 1. The predicted octanol–water partition coefficient (Wildman–Crippen LogP) is 2.86. The van der Waals surface area contributed by atoms with Crippen LogP contribution in [0.2, 0.25) is 0 Å². The molecule has 1 aromatic heterocycles. The van der Waals surface area contributed by atoms with E-state index in [1.54, 1.807) is 12.1 Å². The van der Waals surface area contributed by atoms with E-state index in [-0.39, 0.29) is 0 Å². The lowest BCUT2D eigenvalue weighted by atomic mass is 10.2. The molecule has 0 atom stereocenters. The van der Waals surface area contributed by atoms with Crippen LogP contribution in [0.5, 0.6) is 0 Å². The highest BCUT2D eigenvalue weighted by Gasteiger charge is 2.00. The van der Waals surface area contributed by atoms with Gasteiger partial charge in [0.1, 0.15) is 0 Å². The van der Waals surface area contributed by atoms with Crippen LogP contribution in [0, 0.1) is 0 Å². The first kappa shape index (κ1) is 9.03. The van der Waals surface area contributed by atoms with Gasteiger partial charge in [0.2, 0.25) is 0 Å². The Kier molecular flexibility index (Phi) is 2.37. The summed E-state index contributed by atoms with van der Waals surface area (Å²) in [6, 6.07) is 11.0. The van der Waals surface area contributed by atoms with Gasteiger partial charge >= 0.3 is 0 Å². The Hall–Kier alpha value is -1.54. The molecule has 0 saturated heterocycles. The second kappa shape index (κ2) is 3.68. The summed E-state index contributed by atoms with van der Waals surface area (Å²) in [5, 5.41) is -0.427. The fraction of sp³-hybridized carbons (Fsp3) is 0. The minimum absolute atomic E-state index is 0.427. The molecule has 0 spiro atoms. The summed E-state index contributed by atoms with van der Waals surface area (Å²) in [5.41, 5.74) is 1.53. The monoisotopic (exact) mass is 205 g/mol. The summed E-state index contributed by atoms with van der Waals surface area (Å²) >= 11 is 5.33. The Balaban J connectivity index is 2.36. The molecule has 70 valence electrons. The van der Waals surface area contributed by atoms with Crippen molar-refractivity contribution in [3.8, 4) is 5.69 Å². The molecule has 0 aliphatic rings. The van der Waals surface area contributed by atoms with Gasteiger partial charge in [0.05, 0.1) is 0 Å². The highest BCUT2D eigenvalue weighted by Crippen LogP contribution is 2.11. The van der Waals surface area contributed by atoms with E-state index in [9.17, 15) is 4.79 Å². The van der Waals surface area contributed by atoms with Crippen molar-refractivity contribution in [3.63, 3.8) is 0 Å². The van der Waals surface area contributed by atoms with E-state index in [0.29, 0.717) is 5.56 Å². The molecule has 2 nitrogen and oxygen atoms in total. The van der Waals surface area contributed by atoms with Crippen LogP contribution in [0.3, 0.4) is 0 Å². The fourth-order valence-electron chi connectivity index (χ4n) is 1.27. The molecule has 1 aromatic carbocycles. The highest BCUT2D eigenvalue weighted by atomic mass is 35.5. The van der Waals surface area contributed by atoms with Crippen molar-refractivity contribution in [2.75, 3.05) is 0 Å². The van der Waals surface area contributed by atoms with E-state index >= 15 is 0 Å². The molecule has 0 radical (unpaired) electrons. The Morgan fingerprint density at radius 2 is 1.64 bits per heavy atom. The summed E-state index contributed by atoms with van der Waals surface area (Å²) in [6.07, 6.45) is 3.88. The number of hydrogen-bond donors (Lipinski definition) is 0. The quantitative estimate of drug-likeness (QED) is 0.691. The second-order valence-electron chi connectivity index (χ2n) is 2.91. The van der Waals surface area contributed by atoms with Crippen molar-refractivity contribution < 1.29 is 4.79 Å². The molecule has 14 heavy (non-hydrogen) atoms. The predicted molar refractivity (Wildman–Crippen MR) is 56.0 cm³/mol. The molecular weight excluding hydrogens is 198 g/mol. The Morgan fingerprint density at radius 3 is 2.14 bits per heavy atom. The Labute approximate surface area is 86.7 Å². The molecule has 0 aliphatic heterocycles. The molecule has 3 heteroatoms. The van der Waals surface area contributed by atoms with Crippen LogP contribution >= 0.6 is 11.6 Å². The number of halogens is 1. The van der Waals surface area contributed by atoms with Crippen LogP contribution < -0.4 is 0 Å². The van der Waals surface area contributed by atoms with E-state index in [1.807, 2.05) is 41.2 Å². The third kappa shape index (κ3) is 1.70. The van der Waals surface area contributed by atoms with Gasteiger partial charge in [-0.3, -0.25) is 4.79 Å². The topological polar surface area (TPSA) is 22.0 Å². The Morgan fingerprint density at radius 1 is 1.07 bits per heavy atom. The van der Waals surface area contributed by atoms with Crippen molar-refractivity contribution in [2.24, 2.45) is 0 Å². The second-order valence-corrected chi connectivity index (χ2v) is 3.25. The lowest BCUT2D eigenvalue weighted by Crippen LogP contribution is -1.92. The molecule has 2 rings (SSSR count). The molecule has 1 heterocycles. The van der Waals surface area contributed by atoms with Crippen LogP contribution in [0.4, 0.5) is 0 Å². The molecule has 0 amide bonds. The highest BCUT2D eigenvalue weighted by molar-refractivity contribution is 6.67. The van der Waals surface area contributed by atoms with Crippen molar-refractivity contribution in [2.45, 2.75) is 0 Å². The van der Waals surface area contributed by atoms with Crippen LogP contribution in [0.15, 0.2) is 48.8 Å². The first-order valence-electron chi connectivity index (χ1n) is 4.20. The summed E-state index contributed by atoms with van der Waals surface area (Å²) in [4.78, 5) is 10.8. The third-order valence-electron chi connectivity index (χ3n) is 2.00. The molecule has 0 aliphatic carbocycles. The van der Waals surface area contributed by atoms with Gasteiger partial charge in [-0.1, -0.05) is 0 Å². The molecule has 2 aromatic rings. The van der Waals surface area contributed by atoms with Gasteiger partial charge in [-0.2, -0.15) is 0 Å². The lowest BCUT2D eigenvalue weighted by Gasteiger charge is -2.02. The van der Waals surface area contributed by atoms with Gasteiger partial charge in [-0.15, -0.1) is 0 Å². The van der Waals surface area contributed by atoms with Crippen molar-refractivity contribution in [3.05, 3.63) is 54.4 Å². The standard InChI is InChI=1S/C11H8ClNO/c12-11(14)9-3-5-10(6-4-9)13-7-1-2-8-13/h1-8H. The Bertz CT molecular complexity index is 431. The molecule has 0 fully saturated rings. The van der Waals surface area contributed by atoms with E-state index in [2.05, 4.69) is 0 Å². The zero-order chi connectivity index (χ0) is 9.97. The molecular formula is C11H8ClNO. The van der Waals surface area contributed by atoms with Crippen molar-refractivity contribution >= 4 is 16.8 Å². The van der Waals surface area contributed by atoms with E-state index in [4.69, 9.17) is 11.6 Å². The van der Waals surface area contributed by atoms with Crippen LogP contribution in [0.25, 0.3) is 5.69 Å². The van der Waals surface area contributed by atoms with E-state index in [1.165, 1.54) is 0 Å². The SMILES string of the molecule is O=C(Cl)c1ccc(-n2cccc2)cc1. The van der Waals surface area contributed by atoms with Crippen LogP contribution in [-0.2, 0) is 0 Å². The molecule has 0 bridgehead atoms. The number of carbonyl (C=O) groups is 1. The summed E-state index contributed by atoms with van der Waals surface area (Å²) in [5.74, 6) is 0. The molecule has 0 N–H and O–H groups in total. The number of rotatable bonds is 2. The smallest absolute Gasteiger partial charge is 0.252 e. The first-order valence-corrected chi connectivity index (χ1v) is 4.58. The van der Waals surface area contributed by atoms with Crippen molar-refractivity contribution in [1.82, 2.24) is 4.57 Å². The van der Waals surface area contributed by atoms with E-state index in [0.717, 1.165) is 5.69 Å². The normalized spacial score (nSPS) is 10.1. The molecule has 0 unspecified atom stereocenters. The fourth-order valence-corrected chi connectivity index (χ4v) is 1.40. The third-order valence-corrected chi connectivity index (χ3v) is 2.22. The number of nitrogens with zero attached hydrogens (tertiary/aromatic N) is 1. The zero-order valence-electron chi connectivity index (χ0n) is 7.35. The summed E-state index contributed by atoms with van der Waals surface area (Å²) in [6.45, 7) is 0. The lowest BCUT2D eigenvalue weighted by molar-refractivity contribution is 0.108. The van der Waals surface area contributed by atoms with Crippen LogP contribution in [0.1, 0.15) is 10.4 Å². The molecule has 0 saturated carbocycles. The average Bonchev–Trinajstić information content (AvgIpc) is 2.71. The number of aromatic nitrogens is 1. The van der Waals surface area contributed by atoms with E-state index < -0.39 is 5.24 Å². The van der Waals surface area contributed by atoms with Gasteiger partial charge < -0.3 is 4.57 Å². The zero-order valence-corrected chi connectivity index (χ0v) is 8.11. The minimum Gasteiger partial charge on any atom is -0.324 e. The minimum atomic E-state index is -0.427. The largest absolute Gasteiger partial charge is 0.324 e. The van der Waals surface area contributed by atoms with Crippen molar-refractivity contribution in [1.29, 1.82) is 0 Å². The summed E-state index contributed by atoms with van der Waals surface area (Å²) in [7, 11) is 0. The van der Waals surface area contributed by atoms with Gasteiger partial charge in [-0.25, -0.2) is 0 Å². The van der Waals surface area contributed by atoms with Crippen LogP contribution in [-0.4, -0.2) is 9.81 Å². The van der Waals surface area contributed by atoms with Gasteiger partial charge in [0, 0.05) is 23.6 Å². The maximum atomic E-state index is 10.8. The average molecular weight is 206 g/mol. The first-order chi connectivity index (χ1) is 6.77. The van der Waals surface area contributed by atoms with Gasteiger partial charge in [0.25, 0.3) is 5.24 Å². The maximum Gasteiger partial charge on any atom is 0.252 e. The van der Waals surface area contributed by atoms with Gasteiger partial charge in [0.15, 0.2) is 0 Å². The number of benzene rings is 1.